The van der Waals surface area contributed by atoms with Crippen LogP contribution >= 0.6 is 0 Å². The quantitative estimate of drug-likeness (QED) is 0.481. The third-order valence-corrected chi connectivity index (χ3v) is 1.38. The molecule has 1 aromatic carbocycles. The standard InChI is InChI=1S/C7H4FNO4/c8-4-1-2-6(9(12)13)5(3-4)7(10)11/h1-3H,(H,10,11)/p-1. The van der Waals surface area contributed by atoms with Crippen molar-refractivity contribution in [2.24, 2.45) is 0 Å². The molecule has 0 saturated carbocycles. The fourth-order valence-electron chi connectivity index (χ4n) is 0.831. The second-order valence-electron chi connectivity index (χ2n) is 2.21. The summed E-state index contributed by atoms with van der Waals surface area (Å²) in [5, 5.41) is 20.5. The van der Waals surface area contributed by atoms with Crippen LogP contribution in [-0.4, -0.2) is 10.9 Å². The second-order valence-corrected chi connectivity index (χ2v) is 2.21. The number of carbonyl (C=O) groups is 1. The van der Waals surface area contributed by atoms with E-state index in [4.69, 9.17) is 0 Å². The van der Waals surface area contributed by atoms with Gasteiger partial charge in [0, 0.05) is 6.07 Å². The third kappa shape index (κ3) is 1.78. The molecule has 0 unspecified atom stereocenters. The van der Waals surface area contributed by atoms with E-state index in [0.717, 1.165) is 12.1 Å². The average molecular weight is 184 g/mol. The molecule has 0 N–H and O–H groups in total. The van der Waals surface area contributed by atoms with Crippen LogP contribution in [0.1, 0.15) is 10.4 Å². The van der Waals surface area contributed by atoms with Crippen molar-refractivity contribution in [1.29, 1.82) is 0 Å². The Morgan fingerprint density at radius 3 is 2.54 bits per heavy atom. The molecule has 5 nitrogen and oxygen atoms in total. The molecule has 0 spiro atoms. The molecule has 0 aromatic heterocycles. The summed E-state index contributed by atoms with van der Waals surface area (Å²) in [6, 6.07) is 2.14. The zero-order valence-corrected chi connectivity index (χ0v) is 6.19. The topological polar surface area (TPSA) is 83.3 Å². The van der Waals surface area contributed by atoms with Crippen LogP contribution in [0.15, 0.2) is 18.2 Å². The molecule has 6 heteroatoms. The van der Waals surface area contributed by atoms with Gasteiger partial charge in [0.25, 0.3) is 5.69 Å². The summed E-state index contributed by atoms with van der Waals surface area (Å²) in [5.74, 6) is -2.63. The van der Waals surface area contributed by atoms with E-state index >= 15 is 0 Å². The fourth-order valence-corrected chi connectivity index (χ4v) is 0.831. The Morgan fingerprint density at radius 2 is 2.08 bits per heavy atom. The number of nitro groups is 1. The number of hydrogen-bond donors (Lipinski definition) is 0. The van der Waals surface area contributed by atoms with E-state index in [-0.39, 0.29) is 0 Å². The highest BCUT2D eigenvalue weighted by Crippen LogP contribution is 2.18. The number of carbonyl (C=O) groups excluding carboxylic acids is 1. The molecule has 0 aliphatic carbocycles. The summed E-state index contributed by atoms with van der Waals surface area (Å²) in [6.45, 7) is 0. The number of carboxylic acids is 1. The van der Waals surface area contributed by atoms with Crippen molar-refractivity contribution in [2.75, 3.05) is 0 Å². The Kier molecular flexibility index (Phi) is 2.23. The van der Waals surface area contributed by atoms with Gasteiger partial charge in [-0.05, 0) is 12.1 Å². The monoisotopic (exact) mass is 184 g/mol. The van der Waals surface area contributed by atoms with Gasteiger partial charge in [0.15, 0.2) is 0 Å². The number of rotatable bonds is 2. The second kappa shape index (κ2) is 3.18. The molecule has 0 amide bonds. The lowest BCUT2D eigenvalue weighted by molar-refractivity contribution is -0.385. The maximum Gasteiger partial charge on any atom is 0.278 e. The Hall–Kier alpha value is -1.98. The molecule has 0 heterocycles. The van der Waals surface area contributed by atoms with Gasteiger partial charge in [-0.1, -0.05) is 0 Å². The average Bonchev–Trinajstić information content (AvgIpc) is 2.03. The van der Waals surface area contributed by atoms with Crippen molar-refractivity contribution < 1.29 is 19.2 Å². The lowest BCUT2D eigenvalue weighted by Crippen LogP contribution is -2.23. The Bertz CT molecular complexity index is 377. The van der Waals surface area contributed by atoms with Crippen molar-refractivity contribution in [1.82, 2.24) is 0 Å². The maximum atomic E-state index is 12.5. The molecule has 0 bridgehead atoms. The SMILES string of the molecule is O=C([O-])c1cc(F)ccc1[N+](=O)[O-]. The number of benzene rings is 1. The van der Waals surface area contributed by atoms with Gasteiger partial charge >= 0.3 is 0 Å². The minimum absolute atomic E-state index is 0.549. The first-order valence-corrected chi connectivity index (χ1v) is 3.17. The molecular formula is C7H3FNO4-. The van der Waals surface area contributed by atoms with Crippen molar-refractivity contribution in [3.05, 3.63) is 39.7 Å². The smallest absolute Gasteiger partial charge is 0.278 e. The first-order valence-electron chi connectivity index (χ1n) is 3.17. The predicted molar refractivity (Wildman–Crippen MR) is 37.4 cm³/mol. The van der Waals surface area contributed by atoms with E-state index < -0.39 is 28.0 Å². The van der Waals surface area contributed by atoms with Gasteiger partial charge in [-0.3, -0.25) is 10.1 Å². The van der Waals surface area contributed by atoms with Gasteiger partial charge < -0.3 is 9.90 Å². The molecular weight excluding hydrogens is 181 g/mol. The maximum absolute atomic E-state index is 12.5. The number of halogens is 1. The van der Waals surface area contributed by atoms with Crippen molar-refractivity contribution in [3.8, 4) is 0 Å². The van der Waals surface area contributed by atoms with Crippen LogP contribution in [0, 0.1) is 15.9 Å². The molecule has 0 atom stereocenters. The summed E-state index contributed by atoms with van der Waals surface area (Å²) in [7, 11) is 0. The van der Waals surface area contributed by atoms with E-state index in [2.05, 4.69) is 0 Å². The Balaban J connectivity index is 3.35. The lowest BCUT2D eigenvalue weighted by atomic mass is 10.2. The molecule has 0 aliphatic rings. The number of aromatic carboxylic acids is 1. The summed E-state index contributed by atoms with van der Waals surface area (Å²) in [5.41, 5.74) is -1.44. The Morgan fingerprint density at radius 1 is 1.46 bits per heavy atom. The molecule has 13 heavy (non-hydrogen) atoms. The summed E-state index contributed by atoms with van der Waals surface area (Å²) >= 11 is 0. The highest BCUT2D eigenvalue weighted by atomic mass is 19.1. The van der Waals surface area contributed by atoms with E-state index in [0.29, 0.717) is 6.07 Å². The van der Waals surface area contributed by atoms with Gasteiger partial charge in [-0.25, -0.2) is 4.39 Å². The van der Waals surface area contributed by atoms with Crippen LogP contribution in [0.4, 0.5) is 10.1 Å². The zero-order valence-electron chi connectivity index (χ0n) is 6.19. The summed E-state index contributed by atoms with van der Waals surface area (Å²) in [4.78, 5) is 19.6. The number of nitro benzene ring substituents is 1. The minimum Gasteiger partial charge on any atom is -0.545 e. The zero-order chi connectivity index (χ0) is 10.0. The Labute approximate surface area is 71.6 Å². The van der Waals surface area contributed by atoms with E-state index in [1.807, 2.05) is 0 Å². The lowest BCUT2D eigenvalue weighted by Gasteiger charge is -2.02. The van der Waals surface area contributed by atoms with Gasteiger partial charge in [-0.2, -0.15) is 0 Å². The van der Waals surface area contributed by atoms with Gasteiger partial charge in [0.05, 0.1) is 16.5 Å². The molecule has 1 aromatic rings. The van der Waals surface area contributed by atoms with Crippen LogP contribution in [0.5, 0.6) is 0 Å². The van der Waals surface area contributed by atoms with Crippen LogP contribution in [0.3, 0.4) is 0 Å². The number of carboxylic acid groups (broad SMARTS) is 1. The predicted octanol–water partition coefficient (Wildman–Crippen LogP) is 0.0974. The van der Waals surface area contributed by atoms with Crippen LogP contribution < -0.4 is 5.11 Å². The molecule has 0 saturated heterocycles. The van der Waals surface area contributed by atoms with Crippen LogP contribution in [-0.2, 0) is 0 Å². The third-order valence-electron chi connectivity index (χ3n) is 1.38. The van der Waals surface area contributed by atoms with E-state index in [1.54, 1.807) is 0 Å². The largest absolute Gasteiger partial charge is 0.545 e. The number of nitrogens with zero attached hydrogens (tertiary/aromatic N) is 1. The highest BCUT2D eigenvalue weighted by Gasteiger charge is 2.14. The van der Waals surface area contributed by atoms with Crippen molar-refractivity contribution in [3.63, 3.8) is 0 Å². The normalized spacial score (nSPS) is 9.62. The number of hydrogen-bond acceptors (Lipinski definition) is 4. The molecule has 0 fully saturated rings. The van der Waals surface area contributed by atoms with Crippen molar-refractivity contribution >= 4 is 11.7 Å². The van der Waals surface area contributed by atoms with Gasteiger partial charge in [0.1, 0.15) is 5.82 Å². The van der Waals surface area contributed by atoms with Gasteiger partial charge in [0.2, 0.25) is 0 Å². The fraction of sp³-hybridized carbons (Fsp3) is 0. The van der Waals surface area contributed by atoms with Gasteiger partial charge in [-0.15, -0.1) is 0 Å². The molecule has 0 aliphatic heterocycles. The van der Waals surface area contributed by atoms with E-state index in [9.17, 15) is 24.4 Å². The molecule has 68 valence electrons. The first-order chi connectivity index (χ1) is 6.02. The highest BCUT2D eigenvalue weighted by molar-refractivity contribution is 5.90. The molecule has 0 radical (unpaired) electrons. The minimum atomic E-state index is -1.77. The van der Waals surface area contributed by atoms with E-state index in [1.165, 1.54) is 0 Å². The van der Waals surface area contributed by atoms with Crippen LogP contribution in [0.2, 0.25) is 0 Å². The first kappa shape index (κ1) is 9.11. The van der Waals surface area contributed by atoms with Crippen molar-refractivity contribution in [2.45, 2.75) is 0 Å². The molecule has 1 rings (SSSR count). The summed E-state index contributed by atoms with van der Waals surface area (Å²) in [6.07, 6.45) is 0. The summed E-state index contributed by atoms with van der Waals surface area (Å²) < 4.78 is 12.5. The van der Waals surface area contributed by atoms with Crippen LogP contribution in [0.25, 0.3) is 0 Å².